The number of hydrogen-bond acceptors (Lipinski definition) is 3. The Morgan fingerprint density at radius 3 is 2.56 bits per heavy atom. The van der Waals surface area contributed by atoms with Crippen molar-refractivity contribution in [2.75, 3.05) is 0 Å². The Morgan fingerprint density at radius 2 is 1.83 bits per heavy atom. The molecule has 1 aromatic carbocycles. The highest BCUT2D eigenvalue weighted by Crippen LogP contribution is 2.28. The van der Waals surface area contributed by atoms with Crippen LogP contribution in [0.4, 0.5) is 0 Å². The van der Waals surface area contributed by atoms with Gasteiger partial charge in [-0.1, -0.05) is 30.3 Å². The van der Waals surface area contributed by atoms with E-state index < -0.39 is 0 Å². The number of carbonyl (C=O) groups is 1. The van der Waals surface area contributed by atoms with Crippen molar-refractivity contribution >= 4 is 34.6 Å². The van der Waals surface area contributed by atoms with Gasteiger partial charge in [-0.2, -0.15) is 16.4 Å². The van der Waals surface area contributed by atoms with E-state index in [-0.39, 0.29) is 5.91 Å². The molecule has 1 aliphatic heterocycles. The molecule has 0 unspecified atom stereocenters. The lowest BCUT2D eigenvalue weighted by Gasteiger charge is -2.12. The van der Waals surface area contributed by atoms with Gasteiger partial charge < -0.3 is 0 Å². The van der Waals surface area contributed by atoms with Crippen LogP contribution in [0.15, 0.2) is 52.3 Å². The van der Waals surface area contributed by atoms with Crippen LogP contribution in [0.5, 0.6) is 0 Å². The molecule has 0 bridgehead atoms. The first kappa shape index (κ1) is 10.9. The molecular weight excluding hydrogens is 244 g/mol. The summed E-state index contributed by atoms with van der Waals surface area (Å²) in [6.45, 7) is 0. The lowest BCUT2D eigenvalue weighted by Crippen LogP contribution is -2.18. The van der Waals surface area contributed by atoms with Crippen molar-refractivity contribution in [1.29, 1.82) is 0 Å². The van der Waals surface area contributed by atoms with Gasteiger partial charge in [0.1, 0.15) is 0 Å². The van der Waals surface area contributed by atoms with Crippen molar-refractivity contribution in [2.45, 2.75) is 0 Å². The molecule has 1 aromatic heterocycles. The predicted molar refractivity (Wildman–Crippen MR) is 73.2 cm³/mol. The Bertz CT molecular complexity index is 627. The standard InChI is InChI=1S/C14H9N2OS/c17-14-13(11-6-7-18-9-11)12(8-15-16-14)10-4-2-1-3-5-10/h1-9H. The summed E-state index contributed by atoms with van der Waals surface area (Å²) in [6, 6.07) is 11.7. The third kappa shape index (κ3) is 1.87. The summed E-state index contributed by atoms with van der Waals surface area (Å²) in [5, 5.41) is 7.67. The van der Waals surface area contributed by atoms with E-state index in [0.717, 1.165) is 16.7 Å². The van der Waals surface area contributed by atoms with Gasteiger partial charge in [-0.3, -0.25) is 4.79 Å². The fraction of sp³-hybridized carbons (Fsp3) is 0. The molecular formula is C14H9N2OS. The van der Waals surface area contributed by atoms with E-state index in [1.165, 1.54) is 0 Å². The normalized spacial score (nSPS) is 14.8. The number of amides is 1. The van der Waals surface area contributed by atoms with Crippen LogP contribution in [-0.4, -0.2) is 12.1 Å². The molecule has 0 N–H and O–H groups in total. The van der Waals surface area contributed by atoms with E-state index in [0.29, 0.717) is 5.57 Å². The van der Waals surface area contributed by atoms with Crippen LogP contribution in [0.3, 0.4) is 0 Å². The second-order valence-electron chi connectivity index (χ2n) is 3.82. The summed E-state index contributed by atoms with van der Waals surface area (Å²) in [6.07, 6.45) is 1.64. The molecule has 0 spiro atoms. The Kier molecular flexibility index (Phi) is 2.78. The largest absolute Gasteiger partial charge is 0.296 e. The topological polar surface area (TPSA) is 43.5 Å². The Morgan fingerprint density at radius 1 is 1.00 bits per heavy atom. The van der Waals surface area contributed by atoms with E-state index in [9.17, 15) is 4.79 Å². The number of nitrogens with zero attached hydrogens (tertiary/aromatic N) is 2. The maximum absolute atomic E-state index is 11.9. The third-order valence-corrected chi connectivity index (χ3v) is 3.40. The van der Waals surface area contributed by atoms with Gasteiger partial charge in [0.25, 0.3) is 5.91 Å². The summed E-state index contributed by atoms with van der Waals surface area (Å²) in [7, 11) is 0. The second-order valence-corrected chi connectivity index (χ2v) is 4.60. The zero-order valence-electron chi connectivity index (χ0n) is 9.41. The van der Waals surface area contributed by atoms with E-state index >= 15 is 0 Å². The van der Waals surface area contributed by atoms with Gasteiger partial charge in [-0.25, -0.2) is 0 Å². The van der Waals surface area contributed by atoms with Crippen molar-refractivity contribution in [2.24, 2.45) is 5.10 Å². The number of thiophene rings is 1. The average molecular weight is 253 g/mol. The van der Waals surface area contributed by atoms with Crippen LogP contribution in [0.1, 0.15) is 11.1 Å². The molecule has 0 fully saturated rings. The Labute approximate surface area is 108 Å². The molecule has 0 aliphatic carbocycles. The summed E-state index contributed by atoms with van der Waals surface area (Å²) in [4.78, 5) is 11.9. The molecule has 1 radical (unpaired) electrons. The minimum absolute atomic E-state index is 0.283. The second kappa shape index (κ2) is 4.58. The lowest BCUT2D eigenvalue weighted by atomic mass is 9.96. The van der Waals surface area contributed by atoms with Crippen molar-refractivity contribution in [3.63, 3.8) is 0 Å². The molecule has 0 atom stereocenters. The predicted octanol–water partition coefficient (Wildman–Crippen LogP) is 2.79. The van der Waals surface area contributed by atoms with Gasteiger partial charge in [-0.05, 0) is 28.0 Å². The van der Waals surface area contributed by atoms with Gasteiger partial charge in [-0.15, -0.1) is 5.43 Å². The van der Waals surface area contributed by atoms with Gasteiger partial charge in [0.05, 0.1) is 11.8 Å². The van der Waals surface area contributed by atoms with E-state index in [1.807, 2.05) is 47.2 Å². The Hall–Kier alpha value is -2.20. The Balaban J connectivity index is 2.21. The number of allylic oxidation sites excluding steroid dienone is 1. The summed E-state index contributed by atoms with van der Waals surface area (Å²) in [5.41, 5.74) is 6.95. The van der Waals surface area contributed by atoms with Crippen molar-refractivity contribution in [3.05, 3.63) is 58.3 Å². The molecule has 2 heterocycles. The van der Waals surface area contributed by atoms with Crippen LogP contribution >= 0.6 is 11.3 Å². The fourth-order valence-electron chi connectivity index (χ4n) is 1.89. The maximum atomic E-state index is 11.9. The van der Waals surface area contributed by atoms with Crippen molar-refractivity contribution in [1.82, 2.24) is 5.43 Å². The van der Waals surface area contributed by atoms with Crippen LogP contribution in [0.25, 0.3) is 11.1 Å². The van der Waals surface area contributed by atoms with Crippen molar-refractivity contribution < 1.29 is 4.79 Å². The summed E-state index contributed by atoms with van der Waals surface area (Å²) < 4.78 is 0. The van der Waals surface area contributed by atoms with Crippen LogP contribution in [0.2, 0.25) is 0 Å². The average Bonchev–Trinajstić information content (AvgIpc) is 2.93. The molecule has 87 valence electrons. The smallest absolute Gasteiger partial charge is 0.265 e. The van der Waals surface area contributed by atoms with E-state index in [1.54, 1.807) is 17.6 Å². The highest BCUT2D eigenvalue weighted by molar-refractivity contribution is 7.08. The molecule has 1 amide bonds. The van der Waals surface area contributed by atoms with Crippen molar-refractivity contribution in [3.8, 4) is 0 Å². The number of rotatable bonds is 2. The molecule has 0 saturated carbocycles. The SMILES string of the molecule is O=C1[N]N=CC(c2ccccc2)=C1c1ccsc1. The van der Waals surface area contributed by atoms with E-state index in [4.69, 9.17) is 0 Å². The molecule has 3 rings (SSSR count). The molecule has 0 saturated heterocycles. The fourth-order valence-corrected chi connectivity index (χ4v) is 2.54. The molecule has 1 aliphatic rings. The number of carbonyl (C=O) groups excluding carboxylic acids is 1. The van der Waals surface area contributed by atoms with E-state index in [2.05, 4.69) is 10.5 Å². The first-order chi connectivity index (χ1) is 8.86. The molecule has 4 heteroatoms. The zero-order valence-corrected chi connectivity index (χ0v) is 10.2. The first-order valence-electron chi connectivity index (χ1n) is 5.47. The highest BCUT2D eigenvalue weighted by Gasteiger charge is 2.22. The molecule has 2 aromatic rings. The minimum Gasteiger partial charge on any atom is -0.265 e. The highest BCUT2D eigenvalue weighted by atomic mass is 32.1. The van der Waals surface area contributed by atoms with Gasteiger partial charge >= 0.3 is 0 Å². The monoisotopic (exact) mass is 253 g/mol. The van der Waals surface area contributed by atoms with Gasteiger partial charge in [0.15, 0.2) is 0 Å². The van der Waals surface area contributed by atoms with Crippen LogP contribution < -0.4 is 5.43 Å². The summed E-state index contributed by atoms with van der Waals surface area (Å²) >= 11 is 1.56. The zero-order chi connectivity index (χ0) is 12.4. The molecule has 3 nitrogen and oxygen atoms in total. The summed E-state index contributed by atoms with van der Waals surface area (Å²) in [5.74, 6) is -0.283. The minimum atomic E-state index is -0.283. The first-order valence-corrected chi connectivity index (χ1v) is 6.41. The maximum Gasteiger partial charge on any atom is 0.296 e. The third-order valence-electron chi connectivity index (χ3n) is 2.71. The van der Waals surface area contributed by atoms with Gasteiger partial charge in [0, 0.05) is 5.57 Å². The quantitative estimate of drug-likeness (QED) is 0.811. The van der Waals surface area contributed by atoms with Gasteiger partial charge in [0.2, 0.25) is 0 Å². The molecule has 18 heavy (non-hydrogen) atoms. The number of benzene rings is 1. The van der Waals surface area contributed by atoms with Crippen LogP contribution in [0, 0.1) is 0 Å². The number of hydrogen-bond donors (Lipinski definition) is 0. The van der Waals surface area contributed by atoms with Crippen LogP contribution in [-0.2, 0) is 4.79 Å². The lowest BCUT2D eigenvalue weighted by molar-refractivity contribution is -0.115.